The molecule has 1 aliphatic heterocycles. The van der Waals surface area contributed by atoms with Crippen LogP contribution in [-0.2, 0) is 19.4 Å². The summed E-state index contributed by atoms with van der Waals surface area (Å²) in [5, 5.41) is 11.0. The number of benzene rings is 1. The number of hydrogen-bond donors (Lipinski definition) is 1. The van der Waals surface area contributed by atoms with Gasteiger partial charge in [-0.25, -0.2) is 13.2 Å². The van der Waals surface area contributed by atoms with Gasteiger partial charge >= 0.3 is 5.97 Å². The molecule has 10 heteroatoms. The first kappa shape index (κ1) is 20.0. The smallest absolute Gasteiger partial charge is 0.361 e. The molecule has 0 saturated carbocycles. The highest BCUT2D eigenvalue weighted by Crippen LogP contribution is 2.16. The molecular formula is C18H22N4O5S. The normalized spacial score (nSPS) is 18.0. The summed E-state index contributed by atoms with van der Waals surface area (Å²) >= 11 is 0. The number of esters is 1. The first-order chi connectivity index (χ1) is 13.1. The lowest BCUT2D eigenvalue weighted by Gasteiger charge is -2.10. The van der Waals surface area contributed by atoms with Gasteiger partial charge in [0, 0.05) is 6.04 Å². The maximum Gasteiger partial charge on any atom is 0.361 e. The number of ether oxygens (including phenoxy) is 1. The van der Waals surface area contributed by atoms with Gasteiger partial charge in [0.25, 0.3) is 5.91 Å². The third-order valence-electron chi connectivity index (χ3n) is 4.48. The Morgan fingerprint density at radius 2 is 2.00 bits per heavy atom. The third kappa shape index (κ3) is 4.56. The highest BCUT2D eigenvalue weighted by atomic mass is 32.2. The molecule has 1 aliphatic rings. The predicted octanol–water partition coefficient (Wildman–Crippen LogP) is 0.653. The lowest BCUT2D eigenvalue weighted by molar-refractivity contribution is -0.124. The van der Waals surface area contributed by atoms with Crippen LogP contribution in [0.3, 0.4) is 0 Å². The lowest BCUT2D eigenvalue weighted by atomic mass is 10.1. The quantitative estimate of drug-likeness (QED) is 0.724. The highest BCUT2D eigenvalue weighted by molar-refractivity contribution is 7.91. The number of amides is 1. The molecule has 1 saturated heterocycles. The van der Waals surface area contributed by atoms with Gasteiger partial charge < -0.3 is 10.1 Å². The molecule has 150 valence electrons. The van der Waals surface area contributed by atoms with Crippen LogP contribution in [0.15, 0.2) is 18.2 Å². The summed E-state index contributed by atoms with van der Waals surface area (Å²) in [6.45, 7) is 5.03. The Morgan fingerprint density at radius 1 is 1.25 bits per heavy atom. The fraction of sp³-hybridized carbons (Fsp3) is 0.444. The first-order valence-corrected chi connectivity index (χ1v) is 10.7. The van der Waals surface area contributed by atoms with Crippen molar-refractivity contribution >= 4 is 21.7 Å². The first-order valence-electron chi connectivity index (χ1n) is 8.83. The van der Waals surface area contributed by atoms with Crippen molar-refractivity contribution in [3.63, 3.8) is 0 Å². The van der Waals surface area contributed by atoms with Crippen LogP contribution < -0.4 is 5.32 Å². The molecule has 0 aliphatic carbocycles. The second kappa shape index (κ2) is 7.70. The van der Waals surface area contributed by atoms with Crippen LogP contribution in [0.25, 0.3) is 5.69 Å². The highest BCUT2D eigenvalue weighted by Gasteiger charge is 2.29. The van der Waals surface area contributed by atoms with Crippen molar-refractivity contribution in [3.05, 3.63) is 40.7 Å². The van der Waals surface area contributed by atoms with Crippen LogP contribution in [0, 0.1) is 20.8 Å². The molecular weight excluding hydrogens is 384 g/mol. The molecule has 2 heterocycles. The van der Waals surface area contributed by atoms with Gasteiger partial charge in [0.15, 0.2) is 22.1 Å². The number of rotatable bonds is 5. The zero-order chi connectivity index (χ0) is 20.5. The van der Waals surface area contributed by atoms with E-state index in [1.807, 2.05) is 32.0 Å². The molecule has 0 unspecified atom stereocenters. The van der Waals surface area contributed by atoms with Gasteiger partial charge in [0.2, 0.25) is 0 Å². The van der Waals surface area contributed by atoms with Gasteiger partial charge in [-0.1, -0.05) is 17.7 Å². The number of hydrogen-bond acceptors (Lipinski definition) is 7. The topological polar surface area (TPSA) is 120 Å². The van der Waals surface area contributed by atoms with E-state index in [9.17, 15) is 18.0 Å². The number of aryl methyl sites for hydroxylation is 3. The molecule has 0 spiro atoms. The molecule has 1 amide bonds. The van der Waals surface area contributed by atoms with E-state index in [1.165, 1.54) is 4.80 Å². The molecule has 2 aromatic rings. The molecule has 0 radical (unpaired) electrons. The molecule has 0 bridgehead atoms. The Labute approximate surface area is 163 Å². The Kier molecular flexibility index (Phi) is 5.50. The minimum absolute atomic E-state index is 0.0243. The van der Waals surface area contributed by atoms with Gasteiger partial charge in [0.05, 0.1) is 22.9 Å². The summed E-state index contributed by atoms with van der Waals surface area (Å²) in [6.07, 6.45) is 0.366. The number of nitrogens with one attached hydrogen (secondary N) is 1. The number of sulfone groups is 1. The monoisotopic (exact) mass is 406 g/mol. The van der Waals surface area contributed by atoms with E-state index in [-0.39, 0.29) is 17.2 Å². The van der Waals surface area contributed by atoms with Crippen LogP contribution in [0.2, 0.25) is 0 Å². The molecule has 1 aromatic carbocycles. The van der Waals surface area contributed by atoms with Crippen molar-refractivity contribution in [2.45, 2.75) is 33.2 Å². The van der Waals surface area contributed by atoms with E-state index in [0.29, 0.717) is 12.1 Å². The standard InChI is InChI=1S/C18H22N4O5S/c1-11-4-5-15(12(2)8-11)22-20-13(3)17(21-22)18(24)27-9-16(23)19-14-6-7-28(25,26)10-14/h4-5,8,14H,6-7,9-10H2,1-3H3,(H,19,23)/t14-/m0/s1. The van der Waals surface area contributed by atoms with E-state index in [0.717, 1.165) is 16.8 Å². The lowest BCUT2D eigenvalue weighted by Crippen LogP contribution is -2.38. The summed E-state index contributed by atoms with van der Waals surface area (Å²) in [7, 11) is -3.09. The van der Waals surface area contributed by atoms with E-state index < -0.39 is 34.4 Å². The van der Waals surface area contributed by atoms with Crippen LogP contribution in [0.5, 0.6) is 0 Å². The zero-order valence-electron chi connectivity index (χ0n) is 15.9. The van der Waals surface area contributed by atoms with Crippen LogP contribution in [0.1, 0.15) is 33.7 Å². The minimum Gasteiger partial charge on any atom is -0.451 e. The summed E-state index contributed by atoms with van der Waals surface area (Å²) in [5.74, 6) is -1.34. The molecule has 9 nitrogen and oxygen atoms in total. The van der Waals surface area contributed by atoms with E-state index in [2.05, 4.69) is 15.5 Å². The summed E-state index contributed by atoms with van der Waals surface area (Å²) in [6, 6.07) is 5.33. The van der Waals surface area contributed by atoms with Crippen LogP contribution in [0.4, 0.5) is 0 Å². The Bertz CT molecular complexity index is 1030. The van der Waals surface area contributed by atoms with Crippen molar-refractivity contribution in [1.29, 1.82) is 0 Å². The molecule has 3 rings (SSSR count). The molecule has 28 heavy (non-hydrogen) atoms. The third-order valence-corrected chi connectivity index (χ3v) is 6.24. The number of nitrogens with zero attached hydrogens (tertiary/aromatic N) is 3. The fourth-order valence-electron chi connectivity index (χ4n) is 3.08. The summed E-state index contributed by atoms with van der Waals surface area (Å²) in [5.41, 5.74) is 3.21. The van der Waals surface area contributed by atoms with E-state index in [1.54, 1.807) is 6.92 Å². The van der Waals surface area contributed by atoms with Crippen LogP contribution >= 0.6 is 0 Å². The van der Waals surface area contributed by atoms with Gasteiger partial charge in [-0.05, 0) is 38.8 Å². The van der Waals surface area contributed by atoms with Gasteiger partial charge in [0.1, 0.15) is 0 Å². The van der Waals surface area contributed by atoms with Crippen molar-refractivity contribution in [1.82, 2.24) is 20.3 Å². The Hall–Kier alpha value is -2.75. The second-order valence-corrected chi connectivity index (χ2v) is 9.19. The minimum atomic E-state index is -3.09. The summed E-state index contributed by atoms with van der Waals surface area (Å²) < 4.78 is 27.9. The second-order valence-electron chi connectivity index (χ2n) is 6.96. The molecule has 1 aromatic heterocycles. The van der Waals surface area contributed by atoms with Gasteiger partial charge in [-0.2, -0.15) is 9.90 Å². The van der Waals surface area contributed by atoms with Crippen molar-refractivity contribution in [2.75, 3.05) is 18.1 Å². The number of carbonyl (C=O) groups excluding carboxylic acids is 2. The zero-order valence-corrected chi connectivity index (χ0v) is 16.7. The average molecular weight is 406 g/mol. The van der Waals surface area contributed by atoms with E-state index >= 15 is 0 Å². The molecule has 1 N–H and O–H groups in total. The SMILES string of the molecule is Cc1ccc(-n2nc(C)c(C(=O)OCC(=O)N[C@H]3CCS(=O)(=O)C3)n2)c(C)c1. The number of aromatic nitrogens is 3. The van der Waals surface area contributed by atoms with Crippen molar-refractivity contribution in [3.8, 4) is 5.69 Å². The maximum atomic E-state index is 12.3. The fourth-order valence-corrected chi connectivity index (χ4v) is 4.76. The van der Waals surface area contributed by atoms with Crippen LogP contribution in [-0.4, -0.2) is 59.4 Å². The average Bonchev–Trinajstić information content (AvgIpc) is 3.14. The maximum absolute atomic E-state index is 12.3. The number of carbonyl (C=O) groups is 2. The molecule has 1 fully saturated rings. The Morgan fingerprint density at radius 3 is 2.64 bits per heavy atom. The molecule has 1 atom stereocenters. The van der Waals surface area contributed by atoms with Crippen molar-refractivity contribution in [2.24, 2.45) is 0 Å². The van der Waals surface area contributed by atoms with Crippen molar-refractivity contribution < 1.29 is 22.7 Å². The summed E-state index contributed by atoms with van der Waals surface area (Å²) in [4.78, 5) is 25.6. The van der Waals surface area contributed by atoms with Gasteiger partial charge in [-0.15, -0.1) is 5.10 Å². The van der Waals surface area contributed by atoms with E-state index in [4.69, 9.17) is 4.74 Å². The van der Waals surface area contributed by atoms with Gasteiger partial charge in [-0.3, -0.25) is 4.79 Å². The Balaban J connectivity index is 1.62. The predicted molar refractivity (Wildman–Crippen MR) is 101 cm³/mol. The largest absolute Gasteiger partial charge is 0.451 e.